The standard InChI is InChI=1S/C18H16F2N2O4/c1-25-15-10-11(2-8-14(15)26-18(19)20)3-9-16(23)22-13-6-4-12(5-7-13)17(21)24/h2-10,18H,1H3,(H2,21,24)(H,22,23). The Morgan fingerprint density at radius 1 is 1.12 bits per heavy atom. The van der Waals surface area contributed by atoms with Gasteiger partial charge in [-0.3, -0.25) is 9.59 Å². The number of primary amides is 1. The van der Waals surface area contributed by atoms with Crippen LogP contribution in [-0.2, 0) is 4.79 Å². The Morgan fingerprint density at radius 3 is 2.38 bits per heavy atom. The van der Waals surface area contributed by atoms with Crippen molar-refractivity contribution in [2.24, 2.45) is 5.73 Å². The van der Waals surface area contributed by atoms with Crippen LogP contribution in [0.25, 0.3) is 6.08 Å². The minimum atomic E-state index is -2.96. The molecule has 0 aliphatic rings. The Balaban J connectivity index is 2.04. The Kier molecular flexibility index (Phi) is 6.26. The van der Waals surface area contributed by atoms with Gasteiger partial charge in [0.05, 0.1) is 7.11 Å². The Bertz CT molecular complexity index is 820. The molecule has 0 heterocycles. The number of anilines is 1. The van der Waals surface area contributed by atoms with E-state index in [-0.39, 0.29) is 11.5 Å². The number of ether oxygens (including phenoxy) is 2. The maximum Gasteiger partial charge on any atom is 0.387 e. The number of carbonyl (C=O) groups is 2. The number of hydrogen-bond acceptors (Lipinski definition) is 4. The van der Waals surface area contributed by atoms with Crippen LogP contribution >= 0.6 is 0 Å². The summed E-state index contributed by atoms with van der Waals surface area (Å²) in [6.07, 6.45) is 2.76. The van der Waals surface area contributed by atoms with Crippen molar-refractivity contribution in [3.8, 4) is 11.5 Å². The van der Waals surface area contributed by atoms with Crippen molar-refractivity contribution in [2.75, 3.05) is 12.4 Å². The third-order valence-electron chi connectivity index (χ3n) is 3.27. The van der Waals surface area contributed by atoms with E-state index in [9.17, 15) is 18.4 Å². The molecule has 0 saturated carbocycles. The number of carbonyl (C=O) groups excluding carboxylic acids is 2. The number of rotatable bonds is 7. The van der Waals surface area contributed by atoms with Crippen LogP contribution in [0.1, 0.15) is 15.9 Å². The van der Waals surface area contributed by atoms with Gasteiger partial charge in [-0.15, -0.1) is 0 Å². The van der Waals surface area contributed by atoms with Gasteiger partial charge in [-0.05, 0) is 48.0 Å². The molecule has 0 aromatic heterocycles. The second-order valence-electron chi connectivity index (χ2n) is 5.05. The van der Waals surface area contributed by atoms with Gasteiger partial charge in [0.15, 0.2) is 11.5 Å². The highest BCUT2D eigenvalue weighted by Gasteiger charge is 2.10. The van der Waals surface area contributed by atoms with E-state index in [2.05, 4.69) is 10.1 Å². The van der Waals surface area contributed by atoms with Crippen molar-refractivity contribution in [1.82, 2.24) is 0 Å². The molecule has 2 rings (SSSR count). The van der Waals surface area contributed by atoms with Crippen molar-refractivity contribution in [2.45, 2.75) is 6.61 Å². The largest absolute Gasteiger partial charge is 0.493 e. The first-order valence-electron chi connectivity index (χ1n) is 7.41. The molecule has 3 N–H and O–H groups in total. The van der Waals surface area contributed by atoms with E-state index < -0.39 is 18.4 Å². The van der Waals surface area contributed by atoms with Gasteiger partial charge in [-0.2, -0.15) is 8.78 Å². The molecular formula is C18H16F2N2O4. The fraction of sp³-hybridized carbons (Fsp3) is 0.111. The van der Waals surface area contributed by atoms with E-state index in [0.29, 0.717) is 16.8 Å². The number of nitrogens with one attached hydrogen (secondary N) is 1. The molecule has 2 aromatic rings. The highest BCUT2D eigenvalue weighted by Crippen LogP contribution is 2.29. The number of halogens is 2. The molecule has 0 spiro atoms. The maximum atomic E-state index is 12.3. The number of benzene rings is 2. The van der Waals surface area contributed by atoms with E-state index >= 15 is 0 Å². The zero-order chi connectivity index (χ0) is 19.1. The first kappa shape index (κ1) is 18.9. The molecule has 2 amide bonds. The molecule has 0 fully saturated rings. The first-order valence-corrected chi connectivity index (χ1v) is 7.41. The SMILES string of the molecule is COc1cc(C=CC(=O)Nc2ccc(C(N)=O)cc2)ccc1OC(F)F. The van der Waals surface area contributed by atoms with E-state index in [1.807, 2.05) is 0 Å². The van der Waals surface area contributed by atoms with Crippen molar-refractivity contribution in [3.05, 3.63) is 59.7 Å². The van der Waals surface area contributed by atoms with E-state index in [1.54, 1.807) is 12.1 Å². The summed E-state index contributed by atoms with van der Waals surface area (Å²) in [6.45, 7) is -2.96. The van der Waals surface area contributed by atoms with Crippen LogP contribution in [0.5, 0.6) is 11.5 Å². The number of hydrogen-bond donors (Lipinski definition) is 2. The molecule has 0 aliphatic heterocycles. The van der Waals surface area contributed by atoms with Crippen LogP contribution in [0.4, 0.5) is 14.5 Å². The number of methoxy groups -OCH3 is 1. The highest BCUT2D eigenvalue weighted by molar-refractivity contribution is 6.02. The maximum absolute atomic E-state index is 12.3. The molecule has 6 nitrogen and oxygen atoms in total. The van der Waals surface area contributed by atoms with Gasteiger partial charge >= 0.3 is 6.61 Å². The summed E-state index contributed by atoms with van der Waals surface area (Å²) in [5, 5.41) is 2.61. The fourth-order valence-electron chi connectivity index (χ4n) is 2.05. The molecule has 8 heteroatoms. The molecular weight excluding hydrogens is 346 g/mol. The van der Waals surface area contributed by atoms with Crippen LogP contribution < -0.4 is 20.5 Å². The molecule has 0 radical (unpaired) electrons. The molecule has 0 unspecified atom stereocenters. The summed E-state index contributed by atoms with van der Waals surface area (Å²) in [6, 6.07) is 10.4. The first-order chi connectivity index (χ1) is 12.4. The van der Waals surface area contributed by atoms with Crippen molar-refractivity contribution >= 4 is 23.6 Å². The summed E-state index contributed by atoms with van der Waals surface area (Å²) in [7, 11) is 1.32. The lowest BCUT2D eigenvalue weighted by Gasteiger charge is -2.10. The Morgan fingerprint density at radius 2 is 1.81 bits per heavy atom. The van der Waals surface area contributed by atoms with Gasteiger partial charge in [0.2, 0.25) is 11.8 Å². The molecule has 0 aliphatic carbocycles. The summed E-state index contributed by atoms with van der Waals surface area (Å²) in [5.74, 6) is -0.951. The number of alkyl halides is 2. The number of amides is 2. The topological polar surface area (TPSA) is 90.6 Å². The average Bonchev–Trinajstić information content (AvgIpc) is 2.60. The van der Waals surface area contributed by atoms with Crippen molar-refractivity contribution in [1.29, 1.82) is 0 Å². The second-order valence-corrected chi connectivity index (χ2v) is 5.05. The van der Waals surface area contributed by atoms with Gasteiger partial charge in [-0.25, -0.2) is 0 Å². The lowest BCUT2D eigenvalue weighted by atomic mass is 10.2. The minimum Gasteiger partial charge on any atom is -0.493 e. The summed E-state index contributed by atoms with van der Waals surface area (Å²) < 4.78 is 33.9. The fourth-order valence-corrected chi connectivity index (χ4v) is 2.05. The van der Waals surface area contributed by atoms with Gasteiger partial charge in [0.25, 0.3) is 0 Å². The minimum absolute atomic E-state index is 0.0985. The lowest BCUT2D eigenvalue weighted by molar-refractivity contribution is -0.111. The predicted molar refractivity (Wildman–Crippen MR) is 92.2 cm³/mol. The van der Waals surface area contributed by atoms with Crippen LogP contribution in [0.2, 0.25) is 0 Å². The van der Waals surface area contributed by atoms with Gasteiger partial charge in [-0.1, -0.05) is 6.07 Å². The Hall–Kier alpha value is -3.42. The number of nitrogens with two attached hydrogens (primary N) is 1. The van der Waals surface area contributed by atoms with Crippen LogP contribution in [-0.4, -0.2) is 25.5 Å². The predicted octanol–water partition coefficient (Wildman–Crippen LogP) is 3.05. The third-order valence-corrected chi connectivity index (χ3v) is 3.27. The van der Waals surface area contributed by atoms with Crippen molar-refractivity contribution < 1.29 is 27.8 Å². The summed E-state index contributed by atoms with van der Waals surface area (Å²) in [5.41, 5.74) is 6.52. The Labute approximate surface area is 148 Å². The quantitative estimate of drug-likeness (QED) is 0.741. The van der Waals surface area contributed by atoms with E-state index in [4.69, 9.17) is 10.5 Å². The van der Waals surface area contributed by atoms with Crippen LogP contribution in [0, 0.1) is 0 Å². The van der Waals surface area contributed by atoms with E-state index in [1.165, 1.54) is 49.6 Å². The van der Waals surface area contributed by atoms with Gasteiger partial charge < -0.3 is 20.5 Å². The third kappa shape index (κ3) is 5.30. The average molecular weight is 362 g/mol. The molecule has 0 bridgehead atoms. The zero-order valence-corrected chi connectivity index (χ0v) is 13.7. The van der Waals surface area contributed by atoms with Crippen molar-refractivity contribution in [3.63, 3.8) is 0 Å². The molecule has 2 aromatic carbocycles. The summed E-state index contributed by atoms with van der Waals surface area (Å²) >= 11 is 0. The highest BCUT2D eigenvalue weighted by atomic mass is 19.3. The monoisotopic (exact) mass is 362 g/mol. The smallest absolute Gasteiger partial charge is 0.387 e. The van der Waals surface area contributed by atoms with Crippen LogP contribution in [0.3, 0.4) is 0 Å². The normalized spacial score (nSPS) is 10.8. The van der Waals surface area contributed by atoms with E-state index in [0.717, 1.165) is 0 Å². The van der Waals surface area contributed by atoms with Gasteiger partial charge in [0.1, 0.15) is 0 Å². The second kappa shape index (κ2) is 8.61. The van der Waals surface area contributed by atoms with Gasteiger partial charge in [0, 0.05) is 17.3 Å². The lowest BCUT2D eigenvalue weighted by Crippen LogP contribution is -2.11. The summed E-state index contributed by atoms with van der Waals surface area (Å²) in [4.78, 5) is 22.9. The molecule has 0 saturated heterocycles. The van der Waals surface area contributed by atoms with Crippen LogP contribution in [0.15, 0.2) is 48.5 Å². The molecule has 136 valence electrons. The molecule has 0 atom stereocenters. The zero-order valence-electron chi connectivity index (χ0n) is 13.7. The molecule has 26 heavy (non-hydrogen) atoms.